The summed E-state index contributed by atoms with van der Waals surface area (Å²) in [5, 5.41) is 12.2. The van der Waals surface area contributed by atoms with Crippen LogP contribution in [0.4, 0.5) is 19.0 Å². The molecule has 0 saturated carbocycles. The SMILES string of the molecule is N#CC[C@H]1CN(c2nc(OC[C@@]34CCCN3CC(F)C4)nc3c(F)c(-c4cccc5cccc(Cl)c45)ccc23)CCN1C(=O)/C(F)=C/c1ccccn1. The average Bonchev–Trinajstić information content (AvgIpc) is 3.70. The topological polar surface area (TPSA) is 98.5 Å². The molecule has 9 nitrogen and oxygen atoms in total. The number of pyridine rings is 1. The Bertz CT molecular complexity index is 2280. The number of nitriles is 1. The van der Waals surface area contributed by atoms with Crippen LogP contribution in [-0.2, 0) is 4.79 Å². The lowest BCUT2D eigenvalue weighted by Crippen LogP contribution is -2.55. The number of carbonyl (C=O) groups is 1. The number of alkyl halides is 1. The van der Waals surface area contributed by atoms with Gasteiger partial charge in [-0.1, -0.05) is 54.1 Å². The molecule has 0 N–H and O–H groups in total. The Kier molecular flexibility index (Phi) is 9.39. The molecule has 13 heteroatoms. The summed E-state index contributed by atoms with van der Waals surface area (Å²) in [4.78, 5) is 32.1. The van der Waals surface area contributed by atoms with Crippen molar-refractivity contribution in [3.8, 4) is 23.2 Å². The van der Waals surface area contributed by atoms with Crippen molar-refractivity contribution in [3.63, 3.8) is 0 Å². The molecule has 8 rings (SSSR count). The minimum atomic E-state index is -0.992. The van der Waals surface area contributed by atoms with Crippen molar-refractivity contribution in [2.24, 2.45) is 0 Å². The van der Waals surface area contributed by atoms with Gasteiger partial charge in [-0.3, -0.25) is 14.7 Å². The number of ether oxygens (including phenoxy) is 1. The minimum Gasteiger partial charge on any atom is -0.461 e. The molecule has 53 heavy (non-hydrogen) atoms. The van der Waals surface area contributed by atoms with E-state index in [4.69, 9.17) is 21.3 Å². The van der Waals surface area contributed by atoms with E-state index in [9.17, 15) is 14.4 Å². The van der Waals surface area contributed by atoms with Gasteiger partial charge in [-0.25, -0.2) is 13.2 Å². The lowest BCUT2D eigenvalue weighted by atomic mass is 9.95. The van der Waals surface area contributed by atoms with E-state index in [0.29, 0.717) is 45.8 Å². The first-order valence-electron chi connectivity index (χ1n) is 17.7. The maximum absolute atomic E-state index is 17.0. The molecule has 2 aromatic heterocycles. The quantitative estimate of drug-likeness (QED) is 0.151. The molecule has 3 saturated heterocycles. The van der Waals surface area contributed by atoms with E-state index in [1.807, 2.05) is 35.2 Å². The number of anilines is 1. The van der Waals surface area contributed by atoms with Gasteiger partial charge in [-0.05, 0) is 54.6 Å². The molecule has 270 valence electrons. The summed E-state index contributed by atoms with van der Waals surface area (Å²) in [6, 6.07) is 20.8. The van der Waals surface area contributed by atoms with E-state index in [1.165, 1.54) is 11.1 Å². The number of benzene rings is 3. The summed E-state index contributed by atoms with van der Waals surface area (Å²) in [7, 11) is 0. The Labute approximate surface area is 309 Å². The van der Waals surface area contributed by atoms with Gasteiger partial charge in [0.05, 0.1) is 29.8 Å². The van der Waals surface area contributed by atoms with Crippen molar-refractivity contribution >= 4 is 51.1 Å². The molecule has 3 fully saturated rings. The van der Waals surface area contributed by atoms with Gasteiger partial charge < -0.3 is 14.5 Å². The normalized spacial score (nSPS) is 22.0. The summed E-state index contributed by atoms with van der Waals surface area (Å²) >= 11 is 6.64. The molecule has 0 aliphatic carbocycles. The van der Waals surface area contributed by atoms with Gasteiger partial charge in [0.15, 0.2) is 11.6 Å². The predicted molar refractivity (Wildman–Crippen MR) is 197 cm³/mol. The molecule has 3 aromatic carbocycles. The van der Waals surface area contributed by atoms with Crippen molar-refractivity contribution in [1.82, 2.24) is 24.8 Å². The number of nitrogens with zero attached hydrogens (tertiary/aromatic N) is 7. The Hall–Kier alpha value is -5.25. The van der Waals surface area contributed by atoms with Crippen LogP contribution in [0.1, 0.15) is 31.4 Å². The van der Waals surface area contributed by atoms with Crippen LogP contribution >= 0.6 is 11.6 Å². The summed E-state index contributed by atoms with van der Waals surface area (Å²) in [5.41, 5.74) is 0.700. The average molecular weight is 738 g/mol. The van der Waals surface area contributed by atoms with Crippen LogP contribution in [0, 0.1) is 17.1 Å². The highest BCUT2D eigenvalue weighted by Gasteiger charge is 2.49. The molecule has 1 unspecified atom stereocenters. The molecule has 1 amide bonds. The third kappa shape index (κ3) is 6.53. The zero-order chi connectivity index (χ0) is 36.7. The standard InChI is InChI=1S/C40H35ClF3N7O2/c41-32-10-4-7-25-6-3-9-29(34(25)32)30-11-12-31-36(35(30)44)47-39(53-24-40-14-5-17-50(40)22-26(42)21-40)48-37(31)49-18-19-51(28(23-49)13-15-45)38(52)33(43)20-27-8-1-2-16-46-27/h1-4,6-12,16,20,26,28H,5,13-14,17-19,21-24H2/b33-20-/t26?,28-,40-/m0/s1. The highest BCUT2D eigenvalue weighted by molar-refractivity contribution is 6.36. The number of piperazine rings is 1. The maximum atomic E-state index is 17.0. The van der Waals surface area contributed by atoms with Crippen LogP contribution in [0.25, 0.3) is 38.9 Å². The molecule has 0 spiro atoms. The van der Waals surface area contributed by atoms with E-state index in [2.05, 4.69) is 20.9 Å². The first-order valence-corrected chi connectivity index (χ1v) is 18.0. The van der Waals surface area contributed by atoms with Crippen LogP contribution in [0.5, 0.6) is 6.01 Å². The van der Waals surface area contributed by atoms with Gasteiger partial charge in [-0.2, -0.15) is 15.2 Å². The van der Waals surface area contributed by atoms with Crippen molar-refractivity contribution in [3.05, 3.63) is 95.3 Å². The van der Waals surface area contributed by atoms with Gasteiger partial charge >= 0.3 is 6.01 Å². The second-order valence-corrected chi connectivity index (χ2v) is 14.3. The third-order valence-corrected chi connectivity index (χ3v) is 11.0. The monoisotopic (exact) mass is 737 g/mol. The number of halogens is 4. The molecule has 0 bridgehead atoms. The van der Waals surface area contributed by atoms with E-state index < -0.39 is 35.3 Å². The van der Waals surface area contributed by atoms with Crippen LogP contribution in [0.15, 0.2) is 78.8 Å². The van der Waals surface area contributed by atoms with Crippen LogP contribution in [0.3, 0.4) is 0 Å². The molecule has 3 aliphatic heterocycles. The van der Waals surface area contributed by atoms with E-state index in [0.717, 1.165) is 30.8 Å². The first kappa shape index (κ1) is 34.8. The highest BCUT2D eigenvalue weighted by atomic mass is 35.5. The number of rotatable bonds is 8. The Morgan fingerprint density at radius 1 is 1.04 bits per heavy atom. The van der Waals surface area contributed by atoms with E-state index in [-0.39, 0.29) is 49.8 Å². The van der Waals surface area contributed by atoms with Crippen LogP contribution < -0.4 is 9.64 Å². The molecule has 3 atom stereocenters. The fraction of sp³-hybridized carbons (Fsp3) is 0.325. The van der Waals surface area contributed by atoms with E-state index in [1.54, 1.807) is 36.4 Å². The van der Waals surface area contributed by atoms with Crippen LogP contribution in [0.2, 0.25) is 5.02 Å². The van der Waals surface area contributed by atoms with Crippen molar-refractivity contribution in [1.29, 1.82) is 5.26 Å². The Morgan fingerprint density at radius 2 is 1.89 bits per heavy atom. The first-order chi connectivity index (χ1) is 25.7. The fourth-order valence-corrected chi connectivity index (χ4v) is 8.48. The summed E-state index contributed by atoms with van der Waals surface area (Å²) in [5.74, 6) is -2.09. The second-order valence-electron chi connectivity index (χ2n) is 13.9. The number of hydrogen-bond acceptors (Lipinski definition) is 8. The zero-order valence-corrected chi connectivity index (χ0v) is 29.4. The van der Waals surface area contributed by atoms with Gasteiger partial charge in [0, 0.05) is 66.2 Å². The highest BCUT2D eigenvalue weighted by Crippen LogP contribution is 2.42. The number of hydrogen-bond donors (Lipinski definition) is 0. The molecular formula is C40H35ClF3N7O2. The van der Waals surface area contributed by atoms with Gasteiger partial charge in [0.1, 0.15) is 24.1 Å². The van der Waals surface area contributed by atoms with Crippen molar-refractivity contribution in [2.75, 3.05) is 44.2 Å². The maximum Gasteiger partial charge on any atom is 0.319 e. The molecule has 3 aliphatic rings. The largest absolute Gasteiger partial charge is 0.461 e. The minimum absolute atomic E-state index is 0.0156. The van der Waals surface area contributed by atoms with Crippen LogP contribution in [-0.4, -0.2) is 87.7 Å². The lowest BCUT2D eigenvalue weighted by Gasteiger charge is -2.41. The third-order valence-electron chi connectivity index (χ3n) is 10.7. The predicted octanol–water partition coefficient (Wildman–Crippen LogP) is 7.53. The second kappa shape index (κ2) is 14.3. The summed E-state index contributed by atoms with van der Waals surface area (Å²) in [6.07, 6.45) is 3.57. The molecule has 0 radical (unpaired) electrons. The van der Waals surface area contributed by atoms with Crippen molar-refractivity contribution < 1.29 is 22.7 Å². The zero-order valence-electron chi connectivity index (χ0n) is 28.7. The Morgan fingerprint density at radius 3 is 2.70 bits per heavy atom. The van der Waals surface area contributed by atoms with Crippen molar-refractivity contribution in [2.45, 2.75) is 43.4 Å². The number of aromatic nitrogens is 3. The number of amides is 1. The lowest BCUT2D eigenvalue weighted by molar-refractivity contribution is -0.131. The summed E-state index contributed by atoms with van der Waals surface area (Å²) < 4.78 is 53.1. The smallest absolute Gasteiger partial charge is 0.319 e. The van der Waals surface area contributed by atoms with Gasteiger partial charge in [0.25, 0.3) is 5.91 Å². The molecule has 5 aromatic rings. The molecular weight excluding hydrogens is 703 g/mol. The molecule has 5 heterocycles. The fourth-order valence-electron chi connectivity index (χ4n) is 8.19. The van der Waals surface area contributed by atoms with Gasteiger partial charge in [0.2, 0.25) is 0 Å². The summed E-state index contributed by atoms with van der Waals surface area (Å²) in [6.45, 7) is 1.66. The van der Waals surface area contributed by atoms with E-state index >= 15 is 8.78 Å². The number of carbonyl (C=O) groups excluding carboxylic acids is 1. The Balaban J connectivity index is 1.18. The van der Waals surface area contributed by atoms with Gasteiger partial charge in [-0.15, -0.1) is 0 Å². The number of fused-ring (bicyclic) bond motifs is 3.